The molecule has 0 saturated carbocycles. The van der Waals surface area contributed by atoms with Crippen LogP contribution in [0.3, 0.4) is 0 Å². The molecule has 0 radical (unpaired) electrons. The van der Waals surface area contributed by atoms with E-state index in [1.807, 2.05) is 43.7 Å². The molecule has 2 aromatic carbocycles. The van der Waals surface area contributed by atoms with E-state index >= 15 is 0 Å². The monoisotopic (exact) mass is 400 g/mol. The maximum atomic E-state index is 12.8. The highest BCUT2D eigenvalue weighted by molar-refractivity contribution is 5.85. The van der Waals surface area contributed by atoms with Gasteiger partial charge in [0.1, 0.15) is 5.75 Å². The van der Waals surface area contributed by atoms with Gasteiger partial charge in [0.25, 0.3) is 0 Å². The molecule has 1 fully saturated rings. The number of amides is 1. The van der Waals surface area contributed by atoms with Gasteiger partial charge in [0.2, 0.25) is 5.91 Å². The Morgan fingerprint density at radius 3 is 2.79 bits per heavy atom. The number of ether oxygens (including phenoxy) is 1. The lowest BCUT2D eigenvalue weighted by atomic mass is 9.90. The fourth-order valence-corrected chi connectivity index (χ4v) is 3.77. The molecular formula is C21H25ClN4O2. The first-order valence-corrected chi connectivity index (χ1v) is 9.17. The predicted molar refractivity (Wildman–Crippen MR) is 112 cm³/mol. The summed E-state index contributed by atoms with van der Waals surface area (Å²) in [6.45, 7) is 2.03. The number of aromatic nitrogens is 2. The Labute approximate surface area is 170 Å². The summed E-state index contributed by atoms with van der Waals surface area (Å²) >= 11 is 0. The number of halogens is 1. The minimum absolute atomic E-state index is 0. The molecule has 1 aliphatic rings. The summed E-state index contributed by atoms with van der Waals surface area (Å²) < 4.78 is 7.05. The highest BCUT2D eigenvalue weighted by atomic mass is 35.5. The molecule has 2 heterocycles. The number of nitrogens with zero attached hydrogens (tertiary/aromatic N) is 2. The van der Waals surface area contributed by atoms with Crippen molar-refractivity contribution >= 4 is 29.1 Å². The van der Waals surface area contributed by atoms with E-state index in [2.05, 4.69) is 27.9 Å². The number of rotatable bonds is 5. The molecule has 0 unspecified atom stereocenters. The van der Waals surface area contributed by atoms with Crippen LogP contribution in [0.15, 0.2) is 48.8 Å². The molecule has 2 atom stereocenters. The van der Waals surface area contributed by atoms with E-state index in [1.165, 1.54) is 0 Å². The minimum atomic E-state index is -0.0704. The molecule has 4 rings (SSSR count). The van der Waals surface area contributed by atoms with Gasteiger partial charge in [0.05, 0.1) is 19.2 Å². The lowest BCUT2D eigenvalue weighted by Gasteiger charge is -2.17. The average Bonchev–Trinajstić information content (AvgIpc) is 3.34. The third-order valence-corrected chi connectivity index (χ3v) is 5.28. The van der Waals surface area contributed by atoms with E-state index in [0.717, 1.165) is 34.2 Å². The fourth-order valence-electron chi connectivity index (χ4n) is 3.77. The molecule has 1 aromatic heterocycles. The first-order chi connectivity index (χ1) is 13.1. The highest BCUT2D eigenvalue weighted by Crippen LogP contribution is 2.28. The van der Waals surface area contributed by atoms with Crippen LogP contribution in [0.4, 0.5) is 0 Å². The van der Waals surface area contributed by atoms with Crippen LogP contribution in [0.25, 0.3) is 10.8 Å². The van der Waals surface area contributed by atoms with Gasteiger partial charge in [-0.3, -0.25) is 9.48 Å². The Morgan fingerprint density at radius 2 is 2.04 bits per heavy atom. The van der Waals surface area contributed by atoms with E-state index in [-0.39, 0.29) is 30.2 Å². The molecule has 3 aromatic rings. The number of methoxy groups -OCH3 is 1. The largest absolute Gasteiger partial charge is 0.497 e. The second-order valence-corrected chi connectivity index (χ2v) is 7.08. The van der Waals surface area contributed by atoms with Gasteiger partial charge in [-0.25, -0.2) is 0 Å². The summed E-state index contributed by atoms with van der Waals surface area (Å²) in [5.74, 6) is 1.03. The molecule has 148 valence electrons. The Morgan fingerprint density at radius 1 is 1.25 bits per heavy atom. The Hall–Kier alpha value is -2.57. The zero-order valence-electron chi connectivity index (χ0n) is 16.0. The van der Waals surface area contributed by atoms with Crippen LogP contribution in [0.1, 0.15) is 17.0 Å². The van der Waals surface area contributed by atoms with E-state index < -0.39 is 0 Å². The highest BCUT2D eigenvalue weighted by Gasteiger charge is 2.34. The Balaban J connectivity index is 0.00000225. The zero-order valence-corrected chi connectivity index (χ0v) is 16.8. The van der Waals surface area contributed by atoms with Gasteiger partial charge in [0.15, 0.2) is 0 Å². The number of aryl methyl sites for hydroxylation is 1. The van der Waals surface area contributed by atoms with Crippen LogP contribution in [0.5, 0.6) is 5.75 Å². The van der Waals surface area contributed by atoms with E-state index in [0.29, 0.717) is 13.1 Å². The molecule has 1 saturated heterocycles. The number of fused-ring (bicyclic) bond motifs is 1. The topological polar surface area (TPSA) is 68.2 Å². The SMILES string of the molecule is COc1ccc2cc(CNC(=O)[C@H]3CNC[C@@H]3c3cnn(C)c3)ccc2c1.Cl. The molecule has 0 aliphatic carbocycles. The number of nitrogens with one attached hydrogen (secondary N) is 2. The maximum Gasteiger partial charge on any atom is 0.225 e. The van der Waals surface area contributed by atoms with Crippen LogP contribution >= 0.6 is 12.4 Å². The zero-order chi connectivity index (χ0) is 18.8. The Bertz CT molecular complexity index is 972. The average molecular weight is 401 g/mol. The molecular weight excluding hydrogens is 376 g/mol. The third kappa shape index (κ3) is 4.13. The lowest BCUT2D eigenvalue weighted by Crippen LogP contribution is -2.33. The number of carbonyl (C=O) groups is 1. The Kier molecular flexibility index (Phi) is 6.21. The maximum absolute atomic E-state index is 12.8. The van der Waals surface area contributed by atoms with E-state index in [1.54, 1.807) is 11.8 Å². The summed E-state index contributed by atoms with van der Waals surface area (Å²) in [6, 6.07) is 12.2. The molecule has 28 heavy (non-hydrogen) atoms. The van der Waals surface area contributed by atoms with Crippen LogP contribution in [0, 0.1) is 5.92 Å². The second kappa shape index (κ2) is 8.63. The molecule has 1 aliphatic heterocycles. The van der Waals surface area contributed by atoms with Crippen molar-refractivity contribution < 1.29 is 9.53 Å². The van der Waals surface area contributed by atoms with Crippen molar-refractivity contribution in [2.75, 3.05) is 20.2 Å². The van der Waals surface area contributed by atoms with Crippen LogP contribution < -0.4 is 15.4 Å². The lowest BCUT2D eigenvalue weighted by molar-refractivity contribution is -0.125. The third-order valence-electron chi connectivity index (χ3n) is 5.28. The first kappa shape index (κ1) is 20.2. The molecule has 0 spiro atoms. The first-order valence-electron chi connectivity index (χ1n) is 9.17. The summed E-state index contributed by atoms with van der Waals surface area (Å²) in [5, 5.41) is 12.9. The molecule has 7 heteroatoms. The number of hydrogen-bond acceptors (Lipinski definition) is 4. The normalized spacial score (nSPS) is 18.6. The molecule has 6 nitrogen and oxygen atoms in total. The summed E-state index contributed by atoms with van der Waals surface area (Å²) in [6.07, 6.45) is 3.85. The van der Waals surface area contributed by atoms with Gasteiger partial charge in [-0.1, -0.05) is 18.2 Å². The van der Waals surface area contributed by atoms with Crippen molar-refractivity contribution in [1.82, 2.24) is 20.4 Å². The second-order valence-electron chi connectivity index (χ2n) is 7.08. The summed E-state index contributed by atoms with van der Waals surface area (Å²) in [7, 11) is 3.57. The van der Waals surface area contributed by atoms with Crippen molar-refractivity contribution in [3.8, 4) is 5.75 Å². The van der Waals surface area contributed by atoms with E-state index in [4.69, 9.17) is 4.74 Å². The molecule has 0 bridgehead atoms. The standard InChI is InChI=1S/C21H24N4O2.ClH/c1-25-13-17(10-24-25)19-11-22-12-20(19)21(26)23-9-14-3-4-16-8-18(27-2)6-5-15(16)7-14;/h3-8,10,13,19-20,22H,9,11-12H2,1-2H3,(H,23,26);1H/t19-,20+;/m1./s1. The number of benzene rings is 2. The van der Waals surface area contributed by atoms with Gasteiger partial charge < -0.3 is 15.4 Å². The van der Waals surface area contributed by atoms with Crippen molar-refractivity contribution in [3.63, 3.8) is 0 Å². The summed E-state index contributed by atoms with van der Waals surface area (Å²) in [4.78, 5) is 12.8. The predicted octanol–water partition coefficient (Wildman–Crippen LogP) is 2.62. The smallest absolute Gasteiger partial charge is 0.225 e. The van der Waals surface area contributed by atoms with Crippen molar-refractivity contribution in [1.29, 1.82) is 0 Å². The minimum Gasteiger partial charge on any atom is -0.497 e. The van der Waals surface area contributed by atoms with Gasteiger partial charge >= 0.3 is 0 Å². The van der Waals surface area contributed by atoms with Gasteiger partial charge in [-0.05, 0) is 40.1 Å². The van der Waals surface area contributed by atoms with Gasteiger partial charge in [-0.2, -0.15) is 5.10 Å². The van der Waals surface area contributed by atoms with E-state index in [9.17, 15) is 4.79 Å². The van der Waals surface area contributed by atoms with Crippen LogP contribution in [0.2, 0.25) is 0 Å². The number of carbonyl (C=O) groups excluding carboxylic acids is 1. The fraction of sp³-hybridized carbons (Fsp3) is 0.333. The van der Waals surface area contributed by atoms with Crippen molar-refractivity contribution in [2.45, 2.75) is 12.5 Å². The van der Waals surface area contributed by atoms with Crippen molar-refractivity contribution in [3.05, 3.63) is 59.9 Å². The van der Waals surface area contributed by atoms with Gasteiger partial charge in [-0.15, -0.1) is 12.4 Å². The van der Waals surface area contributed by atoms with Crippen LogP contribution in [-0.4, -0.2) is 35.9 Å². The summed E-state index contributed by atoms with van der Waals surface area (Å²) in [5.41, 5.74) is 2.20. The molecule has 1 amide bonds. The number of hydrogen-bond donors (Lipinski definition) is 2. The molecule has 2 N–H and O–H groups in total. The quantitative estimate of drug-likeness (QED) is 0.690. The van der Waals surface area contributed by atoms with Crippen molar-refractivity contribution in [2.24, 2.45) is 13.0 Å². The van der Waals surface area contributed by atoms with Crippen LogP contribution in [-0.2, 0) is 18.4 Å². The van der Waals surface area contributed by atoms with Gasteiger partial charge in [0, 0.05) is 38.8 Å².